The third kappa shape index (κ3) is 0.446. The fourth-order valence-electron chi connectivity index (χ4n) is 0.402. The molecule has 0 aliphatic rings. The third-order valence-electron chi connectivity index (χ3n) is 0.844. The highest BCUT2D eigenvalue weighted by atomic mass is 16.1. The molecule has 0 fully saturated rings. The molecule has 0 spiro atoms. The summed E-state index contributed by atoms with van der Waals surface area (Å²) in [6, 6.07) is 1.28. The zero-order chi connectivity index (χ0) is 6.15. The van der Waals surface area contributed by atoms with Gasteiger partial charge in [-0.3, -0.25) is 4.79 Å². The first kappa shape index (κ1) is 4.76. The molecule has 0 saturated heterocycles. The molecule has 1 aromatic rings. The number of aromatic nitrogens is 2. The second kappa shape index (κ2) is 1.29. The Balaban J connectivity index is 3.41. The fourth-order valence-corrected chi connectivity index (χ4v) is 0.402. The van der Waals surface area contributed by atoms with Crippen molar-refractivity contribution in [1.29, 1.82) is 0 Å². The SMILES string of the molecule is Nn1ccc(=O)n1N. The Morgan fingerprint density at radius 3 is 2.25 bits per heavy atom. The van der Waals surface area contributed by atoms with Crippen LogP contribution >= 0.6 is 0 Å². The molecule has 1 aromatic heterocycles. The van der Waals surface area contributed by atoms with Crippen molar-refractivity contribution in [3.8, 4) is 0 Å². The van der Waals surface area contributed by atoms with Gasteiger partial charge in [0.05, 0.1) is 6.20 Å². The summed E-state index contributed by atoms with van der Waals surface area (Å²) >= 11 is 0. The second-order valence-electron chi connectivity index (χ2n) is 1.38. The molecule has 1 heterocycles. The first-order chi connectivity index (χ1) is 3.72. The van der Waals surface area contributed by atoms with E-state index in [1.165, 1.54) is 12.3 Å². The zero-order valence-electron chi connectivity index (χ0n) is 4.11. The topological polar surface area (TPSA) is 79.0 Å². The van der Waals surface area contributed by atoms with Crippen molar-refractivity contribution < 1.29 is 0 Å². The fraction of sp³-hybridized carbons (Fsp3) is 0. The van der Waals surface area contributed by atoms with E-state index in [0.29, 0.717) is 0 Å². The predicted molar refractivity (Wildman–Crippen MR) is 29.0 cm³/mol. The minimum Gasteiger partial charge on any atom is -0.323 e. The molecule has 0 bridgehead atoms. The molecule has 5 nitrogen and oxygen atoms in total. The highest BCUT2D eigenvalue weighted by molar-refractivity contribution is 4.82. The highest BCUT2D eigenvalue weighted by Gasteiger charge is 1.89. The number of nitrogen functional groups attached to an aromatic ring is 2. The van der Waals surface area contributed by atoms with E-state index >= 15 is 0 Å². The Hall–Kier alpha value is -1.39. The van der Waals surface area contributed by atoms with Gasteiger partial charge in [-0.1, -0.05) is 0 Å². The van der Waals surface area contributed by atoms with Gasteiger partial charge in [-0.15, -0.1) is 4.79 Å². The van der Waals surface area contributed by atoms with Crippen molar-refractivity contribution in [3.63, 3.8) is 0 Å². The molecule has 0 aliphatic heterocycles. The van der Waals surface area contributed by atoms with E-state index in [-0.39, 0.29) is 5.56 Å². The lowest BCUT2D eigenvalue weighted by Crippen LogP contribution is -2.33. The largest absolute Gasteiger partial charge is 0.323 e. The normalized spacial score (nSPS) is 9.50. The summed E-state index contributed by atoms with van der Waals surface area (Å²) in [7, 11) is 0. The van der Waals surface area contributed by atoms with Crippen LogP contribution in [0.3, 0.4) is 0 Å². The molecule has 5 heteroatoms. The van der Waals surface area contributed by atoms with Gasteiger partial charge in [-0.2, -0.15) is 4.79 Å². The van der Waals surface area contributed by atoms with Crippen molar-refractivity contribution in [2.24, 2.45) is 0 Å². The Morgan fingerprint density at radius 1 is 1.50 bits per heavy atom. The van der Waals surface area contributed by atoms with Gasteiger partial charge >= 0.3 is 0 Å². The molecule has 4 N–H and O–H groups in total. The lowest BCUT2D eigenvalue weighted by Gasteiger charge is -1.94. The molecule has 44 valence electrons. The van der Waals surface area contributed by atoms with Crippen molar-refractivity contribution in [1.82, 2.24) is 9.58 Å². The minimum atomic E-state index is -0.312. The van der Waals surface area contributed by atoms with Crippen LogP contribution in [0, 0.1) is 0 Å². The van der Waals surface area contributed by atoms with E-state index in [0.717, 1.165) is 9.58 Å². The lowest BCUT2D eigenvalue weighted by atomic mass is 10.7. The molecule has 0 saturated carbocycles. The Kier molecular flexibility index (Phi) is 0.768. The quantitative estimate of drug-likeness (QED) is 0.386. The first-order valence-electron chi connectivity index (χ1n) is 2.02. The maximum Gasteiger partial charge on any atom is 0.287 e. The lowest BCUT2D eigenvalue weighted by molar-refractivity contribution is 0.655. The van der Waals surface area contributed by atoms with Crippen LogP contribution in [0.1, 0.15) is 0 Å². The Bertz CT molecular complexity index is 234. The van der Waals surface area contributed by atoms with Crippen LogP contribution in [0.25, 0.3) is 0 Å². The molecule has 0 amide bonds. The molecule has 0 unspecified atom stereocenters. The maximum atomic E-state index is 10.4. The average molecular weight is 114 g/mol. The molecule has 0 atom stereocenters. The molecule has 1 rings (SSSR count). The number of hydrogen-bond acceptors (Lipinski definition) is 3. The summed E-state index contributed by atoms with van der Waals surface area (Å²) in [6.07, 6.45) is 1.38. The van der Waals surface area contributed by atoms with Gasteiger partial charge in [0.1, 0.15) is 0 Å². The van der Waals surface area contributed by atoms with Gasteiger partial charge < -0.3 is 11.7 Å². The molecule has 0 aliphatic carbocycles. The molecule has 0 aromatic carbocycles. The molecular weight excluding hydrogens is 108 g/mol. The summed E-state index contributed by atoms with van der Waals surface area (Å²) in [5.74, 6) is 10.1. The average Bonchev–Trinajstić information content (AvgIpc) is 1.98. The van der Waals surface area contributed by atoms with E-state index in [2.05, 4.69) is 0 Å². The number of hydrogen-bond donors (Lipinski definition) is 2. The summed E-state index contributed by atoms with van der Waals surface area (Å²) in [5.41, 5.74) is -0.312. The van der Waals surface area contributed by atoms with Crippen LogP contribution in [0.2, 0.25) is 0 Å². The van der Waals surface area contributed by atoms with Gasteiger partial charge in [0.25, 0.3) is 5.56 Å². The minimum absolute atomic E-state index is 0.312. The summed E-state index contributed by atoms with van der Waals surface area (Å²) < 4.78 is 0. The van der Waals surface area contributed by atoms with Gasteiger partial charge in [-0.25, -0.2) is 0 Å². The van der Waals surface area contributed by atoms with E-state index in [1.54, 1.807) is 0 Å². The van der Waals surface area contributed by atoms with E-state index in [1.807, 2.05) is 0 Å². The van der Waals surface area contributed by atoms with E-state index in [9.17, 15) is 4.79 Å². The monoisotopic (exact) mass is 114 g/mol. The predicted octanol–water partition coefficient (Wildman–Crippen LogP) is -1.92. The van der Waals surface area contributed by atoms with Crippen molar-refractivity contribution in [2.75, 3.05) is 11.7 Å². The van der Waals surface area contributed by atoms with Gasteiger partial charge in [0.15, 0.2) is 0 Å². The van der Waals surface area contributed by atoms with Crippen LogP contribution in [0.15, 0.2) is 17.1 Å². The maximum absolute atomic E-state index is 10.4. The Labute approximate surface area is 45.0 Å². The summed E-state index contributed by atoms with van der Waals surface area (Å²) in [5, 5.41) is 0. The molecule has 8 heavy (non-hydrogen) atoms. The number of rotatable bonds is 0. The van der Waals surface area contributed by atoms with Gasteiger partial charge in [0, 0.05) is 6.07 Å². The molecule has 0 radical (unpaired) electrons. The third-order valence-corrected chi connectivity index (χ3v) is 0.844. The van der Waals surface area contributed by atoms with Crippen LogP contribution in [0.4, 0.5) is 0 Å². The van der Waals surface area contributed by atoms with Gasteiger partial charge in [-0.05, 0) is 0 Å². The van der Waals surface area contributed by atoms with E-state index < -0.39 is 0 Å². The van der Waals surface area contributed by atoms with Crippen molar-refractivity contribution in [3.05, 3.63) is 22.6 Å². The highest BCUT2D eigenvalue weighted by Crippen LogP contribution is 1.65. The Morgan fingerprint density at radius 2 is 2.12 bits per heavy atom. The van der Waals surface area contributed by atoms with Crippen molar-refractivity contribution in [2.45, 2.75) is 0 Å². The number of nitrogens with two attached hydrogens (primary N) is 2. The van der Waals surface area contributed by atoms with Crippen LogP contribution in [0.5, 0.6) is 0 Å². The van der Waals surface area contributed by atoms with Crippen LogP contribution < -0.4 is 17.2 Å². The van der Waals surface area contributed by atoms with Crippen LogP contribution in [-0.4, -0.2) is 9.58 Å². The summed E-state index contributed by atoms with van der Waals surface area (Å²) in [6.45, 7) is 0. The van der Waals surface area contributed by atoms with Gasteiger partial charge in [0.2, 0.25) is 0 Å². The standard InChI is InChI=1S/C3H6N4O/c4-6-2-1-3(8)7(6)5/h1-2H,4-5H2. The van der Waals surface area contributed by atoms with E-state index in [4.69, 9.17) is 11.7 Å². The van der Waals surface area contributed by atoms with Crippen molar-refractivity contribution >= 4 is 0 Å². The first-order valence-corrected chi connectivity index (χ1v) is 2.02. The summed E-state index contributed by atoms with van der Waals surface area (Å²) in [4.78, 5) is 12.2. The molecular formula is C3H6N4O. The zero-order valence-corrected chi connectivity index (χ0v) is 4.11. The second-order valence-corrected chi connectivity index (χ2v) is 1.38. The van der Waals surface area contributed by atoms with Crippen LogP contribution in [-0.2, 0) is 0 Å². The smallest absolute Gasteiger partial charge is 0.287 e. The number of nitrogens with zero attached hydrogens (tertiary/aromatic N) is 2.